The number of halogens is 1. The highest BCUT2D eigenvalue weighted by molar-refractivity contribution is 7.99. The van der Waals surface area contributed by atoms with E-state index in [9.17, 15) is 14.0 Å². The molecule has 1 amide bonds. The van der Waals surface area contributed by atoms with Crippen molar-refractivity contribution < 1.29 is 18.7 Å². The van der Waals surface area contributed by atoms with E-state index in [4.69, 9.17) is 4.74 Å². The van der Waals surface area contributed by atoms with Crippen LogP contribution in [0.3, 0.4) is 0 Å². The second-order valence-corrected chi connectivity index (χ2v) is 7.74. The molecule has 0 fully saturated rings. The molecule has 0 aliphatic carbocycles. The lowest BCUT2D eigenvalue weighted by Crippen LogP contribution is -2.43. The molecule has 2 aromatic rings. The van der Waals surface area contributed by atoms with E-state index in [1.165, 1.54) is 23.9 Å². The number of carbonyl (C=O) groups is 2. The molecule has 1 heterocycles. The van der Waals surface area contributed by atoms with Gasteiger partial charge in [0.1, 0.15) is 5.82 Å². The first-order chi connectivity index (χ1) is 13.0. The summed E-state index contributed by atoms with van der Waals surface area (Å²) in [6.45, 7) is 3.60. The average Bonchev–Trinajstić information content (AvgIpc) is 2.98. The van der Waals surface area contributed by atoms with Crippen molar-refractivity contribution in [3.63, 3.8) is 0 Å². The Bertz CT molecular complexity index is 824. The Morgan fingerprint density at radius 2 is 1.93 bits per heavy atom. The van der Waals surface area contributed by atoms with E-state index in [-0.39, 0.29) is 24.2 Å². The van der Waals surface area contributed by atoms with Gasteiger partial charge < -0.3 is 9.64 Å². The minimum atomic E-state index is -0.832. The zero-order chi connectivity index (χ0) is 19.4. The molecule has 0 saturated heterocycles. The third kappa shape index (κ3) is 4.69. The largest absolute Gasteiger partial charge is 0.452 e. The first kappa shape index (κ1) is 19.4. The Hall–Kier alpha value is -2.34. The number of esters is 1. The summed E-state index contributed by atoms with van der Waals surface area (Å²) in [6.07, 6.45) is 0.157. The lowest BCUT2D eigenvalue weighted by Gasteiger charge is -2.25. The van der Waals surface area contributed by atoms with Gasteiger partial charge in [0.05, 0.1) is 6.42 Å². The number of para-hydroxylation sites is 1. The Morgan fingerprint density at radius 1 is 1.22 bits per heavy atom. The van der Waals surface area contributed by atoms with Crippen molar-refractivity contribution in [2.75, 3.05) is 10.7 Å². The van der Waals surface area contributed by atoms with Crippen LogP contribution in [-0.4, -0.2) is 29.8 Å². The van der Waals surface area contributed by atoms with Crippen LogP contribution in [0.5, 0.6) is 0 Å². The maximum atomic E-state index is 12.9. The van der Waals surface area contributed by atoms with Gasteiger partial charge in [-0.05, 0) is 56.2 Å². The summed E-state index contributed by atoms with van der Waals surface area (Å²) < 4.78 is 18.2. The number of anilines is 1. The Kier molecular flexibility index (Phi) is 6.16. The molecule has 1 aliphatic heterocycles. The quantitative estimate of drug-likeness (QED) is 0.550. The summed E-state index contributed by atoms with van der Waals surface area (Å²) in [5.41, 5.74) is 2.03. The molecule has 3 rings (SSSR count). The van der Waals surface area contributed by atoms with Crippen LogP contribution in [0, 0.1) is 5.82 Å². The van der Waals surface area contributed by atoms with Crippen molar-refractivity contribution in [3.05, 3.63) is 59.9 Å². The molecule has 0 unspecified atom stereocenters. The van der Waals surface area contributed by atoms with Crippen LogP contribution in [0.4, 0.5) is 10.1 Å². The molecule has 0 aromatic heterocycles. The number of ether oxygens (including phenoxy) is 1. The Balaban J connectivity index is 1.50. The van der Waals surface area contributed by atoms with Crippen LogP contribution in [0.25, 0.3) is 0 Å². The van der Waals surface area contributed by atoms with Crippen LogP contribution < -0.4 is 4.90 Å². The number of fused-ring (bicyclic) bond motifs is 1. The number of thioether (sulfide) groups is 1. The molecule has 0 radical (unpaired) electrons. The van der Waals surface area contributed by atoms with Crippen molar-refractivity contribution >= 4 is 29.3 Å². The lowest BCUT2D eigenvalue weighted by atomic mass is 10.1. The zero-order valence-corrected chi connectivity index (χ0v) is 16.2. The van der Waals surface area contributed by atoms with Gasteiger partial charge in [0, 0.05) is 22.4 Å². The molecule has 0 bridgehead atoms. The van der Waals surface area contributed by atoms with E-state index in [2.05, 4.69) is 0 Å². The van der Waals surface area contributed by atoms with Gasteiger partial charge in [0.25, 0.3) is 5.91 Å². The second kappa shape index (κ2) is 8.57. The van der Waals surface area contributed by atoms with Gasteiger partial charge in [0.15, 0.2) is 6.10 Å². The molecule has 6 heteroatoms. The summed E-state index contributed by atoms with van der Waals surface area (Å²) in [5, 5.41) is 0. The highest BCUT2D eigenvalue weighted by Gasteiger charge is 2.34. The fourth-order valence-corrected chi connectivity index (χ4v) is 4.02. The Labute approximate surface area is 162 Å². The number of carbonyl (C=O) groups excluding carboxylic acids is 2. The predicted octanol–water partition coefficient (Wildman–Crippen LogP) is 4.22. The first-order valence-corrected chi connectivity index (χ1v) is 9.93. The van der Waals surface area contributed by atoms with Crippen molar-refractivity contribution in [2.45, 2.75) is 43.7 Å². The summed E-state index contributed by atoms with van der Waals surface area (Å²) in [6, 6.07) is 14.0. The van der Waals surface area contributed by atoms with Crippen LogP contribution in [0.15, 0.2) is 53.4 Å². The molecule has 27 heavy (non-hydrogen) atoms. The van der Waals surface area contributed by atoms with E-state index < -0.39 is 12.1 Å². The van der Waals surface area contributed by atoms with Crippen LogP contribution in [-0.2, 0) is 20.7 Å². The Morgan fingerprint density at radius 3 is 2.67 bits per heavy atom. The maximum absolute atomic E-state index is 12.9. The van der Waals surface area contributed by atoms with Gasteiger partial charge in [0.2, 0.25) is 0 Å². The van der Waals surface area contributed by atoms with Crippen molar-refractivity contribution in [3.8, 4) is 0 Å². The number of amides is 1. The normalized spacial score (nSPS) is 16.7. The molecule has 4 nitrogen and oxygen atoms in total. The lowest BCUT2D eigenvalue weighted by molar-refractivity contribution is -0.153. The predicted molar refractivity (Wildman–Crippen MR) is 104 cm³/mol. The average molecular weight is 387 g/mol. The van der Waals surface area contributed by atoms with Crippen LogP contribution in [0.1, 0.15) is 25.8 Å². The van der Waals surface area contributed by atoms with E-state index in [1.807, 2.05) is 31.2 Å². The third-order valence-corrected chi connectivity index (χ3v) is 5.50. The van der Waals surface area contributed by atoms with Crippen molar-refractivity contribution in [1.82, 2.24) is 0 Å². The van der Waals surface area contributed by atoms with E-state index >= 15 is 0 Å². The van der Waals surface area contributed by atoms with Gasteiger partial charge >= 0.3 is 5.97 Å². The summed E-state index contributed by atoms with van der Waals surface area (Å²) >= 11 is 1.45. The molecule has 1 aliphatic rings. The maximum Gasteiger partial charge on any atom is 0.307 e. The molecular weight excluding hydrogens is 365 g/mol. The molecule has 2 atom stereocenters. The monoisotopic (exact) mass is 387 g/mol. The molecule has 0 N–H and O–H groups in total. The van der Waals surface area contributed by atoms with Crippen molar-refractivity contribution in [1.29, 1.82) is 0 Å². The molecule has 0 saturated carbocycles. The highest BCUT2D eigenvalue weighted by Crippen LogP contribution is 2.32. The van der Waals surface area contributed by atoms with Crippen LogP contribution >= 0.6 is 11.8 Å². The van der Waals surface area contributed by atoms with E-state index in [0.717, 1.165) is 22.6 Å². The van der Waals surface area contributed by atoms with E-state index in [1.54, 1.807) is 24.0 Å². The minimum absolute atomic E-state index is 0.0464. The minimum Gasteiger partial charge on any atom is -0.452 e. The fraction of sp³-hybridized carbons (Fsp3) is 0.333. The number of nitrogens with zero attached hydrogens (tertiary/aromatic N) is 1. The van der Waals surface area contributed by atoms with Gasteiger partial charge in [-0.25, -0.2) is 4.39 Å². The summed E-state index contributed by atoms with van der Waals surface area (Å²) in [7, 11) is 0. The topological polar surface area (TPSA) is 46.6 Å². The third-order valence-electron chi connectivity index (χ3n) is 4.49. The van der Waals surface area contributed by atoms with Crippen LogP contribution in [0.2, 0.25) is 0 Å². The zero-order valence-electron chi connectivity index (χ0n) is 15.4. The molecule has 142 valence electrons. The second-order valence-electron chi connectivity index (χ2n) is 6.57. The molecule has 0 spiro atoms. The van der Waals surface area contributed by atoms with Gasteiger partial charge in [-0.2, -0.15) is 0 Å². The number of hydrogen-bond acceptors (Lipinski definition) is 4. The standard InChI is InChI=1S/C21H22FNO3S/c1-14-13-16-5-3-4-6-19(16)23(14)21(25)15(2)26-20(24)11-12-27-18-9-7-17(22)8-10-18/h3-10,14-15H,11-13H2,1-2H3/t14-,15+/m0/s1. The smallest absolute Gasteiger partial charge is 0.307 e. The van der Waals surface area contributed by atoms with Gasteiger partial charge in [-0.15, -0.1) is 11.8 Å². The first-order valence-electron chi connectivity index (χ1n) is 8.94. The van der Waals surface area contributed by atoms with E-state index in [0.29, 0.717) is 5.75 Å². The highest BCUT2D eigenvalue weighted by atomic mass is 32.2. The summed E-state index contributed by atoms with van der Waals surface area (Å²) in [5.74, 6) is -0.393. The SMILES string of the molecule is C[C@@H](OC(=O)CCSc1ccc(F)cc1)C(=O)N1c2ccccc2C[C@@H]1C. The van der Waals surface area contributed by atoms with Crippen molar-refractivity contribution in [2.24, 2.45) is 0 Å². The van der Waals surface area contributed by atoms with Gasteiger partial charge in [-0.1, -0.05) is 18.2 Å². The van der Waals surface area contributed by atoms with Gasteiger partial charge in [-0.3, -0.25) is 9.59 Å². The number of benzene rings is 2. The molecule has 2 aromatic carbocycles. The molecular formula is C21H22FNO3S. The number of hydrogen-bond donors (Lipinski definition) is 0. The summed E-state index contributed by atoms with van der Waals surface area (Å²) in [4.78, 5) is 27.5. The fourth-order valence-electron chi connectivity index (χ4n) is 3.19. The number of rotatable bonds is 6.